The minimum atomic E-state index is -1.78. The molecule has 0 saturated carbocycles. The van der Waals surface area contributed by atoms with E-state index in [2.05, 4.69) is 19.2 Å². The standard InChI is InChI=1S/C46H87NO13/c1-3-5-7-9-11-13-15-16-17-18-19-20-22-24-26-28-30-38(51)47-34(35(50)29-27-25-23-21-14-12-10-8-6-4-2)33-57-45-43(56)41(54)44(37(32-49)59-45)60-46-42(55)40(53)39(52)36(31-48)58-46/h27,29,34-37,39-46,48-50,52-56H,3-26,28,30-33H2,1-2H3,(H,47,51)/b29-27+/t34-,35+,36+,37+,39-,40?,41?,42?,43?,44+,45+,46-/m0/s1. The van der Waals surface area contributed by atoms with Crippen molar-refractivity contribution in [3.8, 4) is 0 Å². The van der Waals surface area contributed by atoms with Crippen LogP contribution in [0.2, 0.25) is 0 Å². The molecule has 14 nitrogen and oxygen atoms in total. The molecular formula is C46H87NO13. The van der Waals surface area contributed by atoms with Gasteiger partial charge in [0, 0.05) is 6.42 Å². The van der Waals surface area contributed by atoms with Gasteiger partial charge in [0.2, 0.25) is 5.91 Å². The highest BCUT2D eigenvalue weighted by Gasteiger charge is 2.51. The zero-order valence-electron chi connectivity index (χ0n) is 37.2. The number of ether oxygens (including phenoxy) is 4. The number of unbranched alkanes of at least 4 members (excludes halogenated alkanes) is 23. The van der Waals surface area contributed by atoms with Crippen molar-refractivity contribution in [2.75, 3.05) is 19.8 Å². The van der Waals surface area contributed by atoms with Gasteiger partial charge in [-0.25, -0.2) is 0 Å². The Labute approximate surface area is 361 Å². The Morgan fingerprint density at radius 1 is 0.583 bits per heavy atom. The molecule has 4 unspecified atom stereocenters. The maximum atomic E-state index is 13.1. The van der Waals surface area contributed by atoms with E-state index < -0.39 is 86.8 Å². The summed E-state index contributed by atoms with van der Waals surface area (Å²) in [5, 5.41) is 86.4. The summed E-state index contributed by atoms with van der Waals surface area (Å²) < 4.78 is 22.6. The van der Waals surface area contributed by atoms with Crippen LogP contribution in [0.4, 0.5) is 0 Å². The minimum absolute atomic E-state index is 0.240. The second-order valence-electron chi connectivity index (χ2n) is 17.2. The first-order valence-corrected chi connectivity index (χ1v) is 23.9. The molecule has 2 fully saturated rings. The first-order chi connectivity index (χ1) is 29.1. The van der Waals surface area contributed by atoms with Crippen LogP contribution in [0.15, 0.2) is 12.2 Å². The molecule has 2 heterocycles. The van der Waals surface area contributed by atoms with Gasteiger partial charge in [-0.1, -0.05) is 167 Å². The number of aliphatic hydroxyl groups excluding tert-OH is 8. The average molecular weight is 862 g/mol. The van der Waals surface area contributed by atoms with Crippen LogP contribution in [0.5, 0.6) is 0 Å². The van der Waals surface area contributed by atoms with Gasteiger partial charge in [0.15, 0.2) is 12.6 Å². The lowest BCUT2D eigenvalue weighted by Gasteiger charge is -2.46. The fourth-order valence-corrected chi connectivity index (χ4v) is 8.00. The number of rotatable bonds is 36. The summed E-state index contributed by atoms with van der Waals surface area (Å²) in [5.74, 6) is -0.240. The van der Waals surface area contributed by atoms with Crippen molar-refractivity contribution in [3.63, 3.8) is 0 Å². The highest BCUT2D eigenvalue weighted by Crippen LogP contribution is 2.30. The summed E-state index contributed by atoms with van der Waals surface area (Å²) >= 11 is 0. The molecule has 2 saturated heterocycles. The quantitative estimate of drug-likeness (QED) is 0.0292. The van der Waals surface area contributed by atoms with Crippen molar-refractivity contribution in [2.24, 2.45) is 0 Å². The van der Waals surface area contributed by atoms with E-state index in [9.17, 15) is 45.6 Å². The van der Waals surface area contributed by atoms with Crippen LogP contribution in [-0.2, 0) is 23.7 Å². The third-order valence-electron chi connectivity index (χ3n) is 12.0. The van der Waals surface area contributed by atoms with E-state index in [1.165, 1.54) is 116 Å². The number of hydrogen-bond donors (Lipinski definition) is 9. The summed E-state index contributed by atoms with van der Waals surface area (Å²) in [7, 11) is 0. The Kier molecular flexibility index (Phi) is 31.3. The number of hydrogen-bond acceptors (Lipinski definition) is 13. The van der Waals surface area contributed by atoms with E-state index >= 15 is 0 Å². The third kappa shape index (κ3) is 21.9. The predicted octanol–water partition coefficient (Wildman–Crippen LogP) is 5.21. The largest absolute Gasteiger partial charge is 0.394 e. The zero-order valence-corrected chi connectivity index (χ0v) is 37.2. The Morgan fingerprint density at radius 3 is 1.53 bits per heavy atom. The molecule has 14 heteroatoms. The SMILES string of the molecule is CCCCCCCCCC/C=C/[C@@H](O)[C@H](CO[C@@H]1O[C@H](CO)[C@@H](O[C@@H]2O[C@H](CO)[C@H](O)C(O)C2O)C(O)C1O)NC(=O)CCCCCCCCCCCCCCCCCC. The van der Waals surface area contributed by atoms with Crippen LogP contribution in [0.1, 0.15) is 181 Å². The van der Waals surface area contributed by atoms with Crippen LogP contribution < -0.4 is 5.32 Å². The van der Waals surface area contributed by atoms with E-state index in [0.717, 1.165) is 38.5 Å². The second kappa shape index (κ2) is 34.2. The van der Waals surface area contributed by atoms with Gasteiger partial charge in [-0.05, 0) is 19.3 Å². The summed E-state index contributed by atoms with van der Waals surface area (Å²) in [5.41, 5.74) is 0. The fraction of sp³-hybridized carbons (Fsp3) is 0.935. The number of allylic oxidation sites excluding steroid dienone is 1. The molecule has 9 N–H and O–H groups in total. The van der Waals surface area contributed by atoms with Gasteiger partial charge in [0.1, 0.15) is 48.8 Å². The Bertz CT molecular complexity index is 1070. The number of carbonyl (C=O) groups excluding carboxylic acids is 1. The van der Waals surface area contributed by atoms with Gasteiger partial charge in [0.25, 0.3) is 0 Å². The summed E-state index contributed by atoms with van der Waals surface area (Å²) in [4.78, 5) is 13.1. The van der Waals surface area contributed by atoms with E-state index in [-0.39, 0.29) is 18.9 Å². The van der Waals surface area contributed by atoms with Crippen LogP contribution in [0.25, 0.3) is 0 Å². The second-order valence-corrected chi connectivity index (χ2v) is 17.2. The summed E-state index contributed by atoms with van der Waals surface area (Å²) in [6, 6.07) is -0.906. The minimum Gasteiger partial charge on any atom is -0.394 e. The van der Waals surface area contributed by atoms with E-state index in [1.54, 1.807) is 6.08 Å². The van der Waals surface area contributed by atoms with E-state index in [0.29, 0.717) is 6.42 Å². The first-order valence-electron chi connectivity index (χ1n) is 23.9. The molecule has 2 rings (SSSR count). The van der Waals surface area contributed by atoms with Crippen LogP contribution >= 0.6 is 0 Å². The molecule has 0 aromatic heterocycles. The van der Waals surface area contributed by atoms with E-state index in [1.807, 2.05) is 6.08 Å². The van der Waals surface area contributed by atoms with Crippen molar-refractivity contribution >= 4 is 5.91 Å². The molecule has 12 atom stereocenters. The van der Waals surface area contributed by atoms with Crippen LogP contribution in [-0.4, -0.2) is 140 Å². The molecule has 0 spiro atoms. The Balaban J connectivity index is 1.85. The highest BCUT2D eigenvalue weighted by molar-refractivity contribution is 5.76. The Hall–Kier alpha value is -1.27. The molecule has 60 heavy (non-hydrogen) atoms. The lowest BCUT2D eigenvalue weighted by Crippen LogP contribution is -2.65. The molecule has 0 aliphatic carbocycles. The van der Waals surface area contributed by atoms with Crippen molar-refractivity contribution < 1.29 is 64.6 Å². The van der Waals surface area contributed by atoms with Crippen LogP contribution in [0, 0.1) is 0 Å². The van der Waals surface area contributed by atoms with Crippen molar-refractivity contribution in [3.05, 3.63) is 12.2 Å². The van der Waals surface area contributed by atoms with Gasteiger partial charge in [-0.15, -0.1) is 0 Å². The molecule has 0 radical (unpaired) electrons. The third-order valence-corrected chi connectivity index (χ3v) is 12.0. The lowest BCUT2D eigenvalue weighted by atomic mass is 9.97. The number of carbonyl (C=O) groups is 1. The van der Waals surface area contributed by atoms with Gasteiger partial charge in [-0.2, -0.15) is 0 Å². The highest BCUT2D eigenvalue weighted by atomic mass is 16.7. The maximum Gasteiger partial charge on any atom is 0.220 e. The molecule has 0 aromatic rings. The molecule has 0 aromatic carbocycles. The smallest absolute Gasteiger partial charge is 0.220 e. The maximum absolute atomic E-state index is 13.1. The molecule has 2 aliphatic heterocycles. The lowest BCUT2D eigenvalue weighted by molar-refractivity contribution is -0.359. The topological polar surface area (TPSA) is 228 Å². The first kappa shape index (κ1) is 54.9. The monoisotopic (exact) mass is 862 g/mol. The van der Waals surface area contributed by atoms with Crippen molar-refractivity contribution in [1.82, 2.24) is 5.32 Å². The average Bonchev–Trinajstić information content (AvgIpc) is 3.24. The molecule has 1 amide bonds. The van der Waals surface area contributed by atoms with Crippen molar-refractivity contribution in [1.29, 1.82) is 0 Å². The fourth-order valence-electron chi connectivity index (χ4n) is 8.00. The van der Waals surface area contributed by atoms with Crippen LogP contribution in [0.3, 0.4) is 0 Å². The van der Waals surface area contributed by atoms with Crippen molar-refractivity contribution in [2.45, 2.75) is 254 Å². The van der Waals surface area contributed by atoms with Gasteiger partial charge < -0.3 is 65.1 Å². The number of amides is 1. The summed E-state index contributed by atoms with van der Waals surface area (Å²) in [6.45, 7) is 2.75. The molecule has 0 bridgehead atoms. The van der Waals surface area contributed by atoms with E-state index in [4.69, 9.17) is 18.9 Å². The zero-order chi connectivity index (χ0) is 44.0. The number of aliphatic hydroxyl groups is 8. The number of nitrogens with one attached hydrogen (secondary N) is 1. The van der Waals surface area contributed by atoms with Gasteiger partial charge in [-0.3, -0.25) is 4.79 Å². The Morgan fingerprint density at radius 2 is 1.03 bits per heavy atom. The normalized spacial score (nSPS) is 28.3. The molecule has 354 valence electrons. The predicted molar refractivity (Wildman–Crippen MR) is 231 cm³/mol. The summed E-state index contributed by atoms with van der Waals surface area (Å²) in [6.07, 6.45) is 16.9. The molecule has 2 aliphatic rings. The van der Waals surface area contributed by atoms with Gasteiger partial charge >= 0.3 is 0 Å². The van der Waals surface area contributed by atoms with Gasteiger partial charge in [0.05, 0.1) is 32.0 Å². The molecular weight excluding hydrogens is 774 g/mol.